The van der Waals surface area contributed by atoms with Crippen LogP contribution in [0.3, 0.4) is 0 Å². The summed E-state index contributed by atoms with van der Waals surface area (Å²) in [6, 6.07) is 0. The summed E-state index contributed by atoms with van der Waals surface area (Å²) in [6.45, 7) is 6.73. The standard InChI is InChI=1S/C26H48OS2/c1-4-7-9-11-13-15-20-28-22-26(19-17-18-24(6-3)25(26)27)23-29-21-16-14-12-10-8-5-2/h17-19,25,27H,4-16,20-23H2,1-3H3. The Morgan fingerprint density at radius 1 is 0.759 bits per heavy atom. The van der Waals surface area contributed by atoms with Crippen LogP contribution in [0, 0.1) is 5.41 Å². The fourth-order valence-corrected chi connectivity index (χ4v) is 6.72. The molecule has 1 aliphatic carbocycles. The molecule has 1 atom stereocenters. The first-order valence-corrected chi connectivity index (χ1v) is 14.7. The van der Waals surface area contributed by atoms with E-state index in [1.165, 1.54) is 94.1 Å². The maximum Gasteiger partial charge on any atom is 0.0859 e. The molecular formula is C26H48OS2. The summed E-state index contributed by atoms with van der Waals surface area (Å²) in [7, 11) is 0. The van der Waals surface area contributed by atoms with Crippen LogP contribution in [0.15, 0.2) is 23.8 Å². The van der Waals surface area contributed by atoms with E-state index in [0.29, 0.717) is 0 Å². The number of allylic oxidation sites excluding steroid dienone is 2. The maximum atomic E-state index is 11.1. The minimum atomic E-state index is -0.299. The van der Waals surface area contributed by atoms with Crippen molar-refractivity contribution in [1.82, 2.24) is 0 Å². The van der Waals surface area contributed by atoms with Gasteiger partial charge in [-0.3, -0.25) is 0 Å². The lowest BCUT2D eigenvalue weighted by molar-refractivity contribution is 0.116. The van der Waals surface area contributed by atoms with Crippen LogP contribution in [-0.4, -0.2) is 34.2 Å². The van der Waals surface area contributed by atoms with E-state index in [2.05, 4.69) is 62.5 Å². The SMILES string of the molecule is CCCCCCCCSCC1(CSCCCCCCCC)C=CC=C(CC)C1O. The van der Waals surface area contributed by atoms with Crippen LogP contribution < -0.4 is 0 Å². The minimum Gasteiger partial charge on any atom is -0.388 e. The topological polar surface area (TPSA) is 20.2 Å². The Morgan fingerprint density at radius 3 is 1.72 bits per heavy atom. The van der Waals surface area contributed by atoms with Crippen molar-refractivity contribution in [3.05, 3.63) is 23.8 Å². The highest BCUT2D eigenvalue weighted by atomic mass is 32.2. The number of aliphatic hydroxyl groups is 1. The number of hydrogen-bond acceptors (Lipinski definition) is 3. The predicted octanol–water partition coefficient (Wildman–Crippen LogP) is 8.43. The minimum absolute atomic E-state index is 0.0696. The lowest BCUT2D eigenvalue weighted by Gasteiger charge is -2.38. The Labute approximate surface area is 191 Å². The van der Waals surface area contributed by atoms with Crippen LogP contribution in [0.5, 0.6) is 0 Å². The molecule has 1 nitrogen and oxygen atoms in total. The molecule has 1 rings (SSSR count). The third-order valence-corrected chi connectivity index (χ3v) is 8.71. The van der Waals surface area contributed by atoms with Gasteiger partial charge in [0.25, 0.3) is 0 Å². The van der Waals surface area contributed by atoms with E-state index >= 15 is 0 Å². The Kier molecular flexibility index (Phi) is 16.7. The van der Waals surface area contributed by atoms with Crippen LogP contribution in [-0.2, 0) is 0 Å². The van der Waals surface area contributed by atoms with Crippen molar-refractivity contribution >= 4 is 23.5 Å². The zero-order chi connectivity index (χ0) is 21.2. The van der Waals surface area contributed by atoms with E-state index in [1.807, 2.05) is 0 Å². The zero-order valence-electron chi connectivity index (χ0n) is 19.6. The third-order valence-electron chi connectivity index (χ3n) is 6.07. The smallest absolute Gasteiger partial charge is 0.0859 e. The highest BCUT2D eigenvalue weighted by Crippen LogP contribution is 2.39. The lowest BCUT2D eigenvalue weighted by Crippen LogP contribution is -2.41. The van der Waals surface area contributed by atoms with Gasteiger partial charge in [0.05, 0.1) is 6.10 Å². The molecule has 0 fully saturated rings. The van der Waals surface area contributed by atoms with E-state index in [4.69, 9.17) is 0 Å². The van der Waals surface area contributed by atoms with Crippen LogP contribution in [0.1, 0.15) is 104 Å². The average molecular weight is 441 g/mol. The summed E-state index contributed by atoms with van der Waals surface area (Å²) in [5.74, 6) is 4.59. The second kappa shape index (κ2) is 17.8. The molecule has 0 spiro atoms. The summed E-state index contributed by atoms with van der Waals surface area (Å²) in [4.78, 5) is 0. The highest BCUT2D eigenvalue weighted by molar-refractivity contribution is 8.00. The first-order valence-electron chi connectivity index (χ1n) is 12.4. The van der Waals surface area contributed by atoms with Crippen molar-refractivity contribution in [3.63, 3.8) is 0 Å². The molecule has 0 saturated heterocycles. The predicted molar refractivity (Wildman–Crippen MR) is 137 cm³/mol. The van der Waals surface area contributed by atoms with E-state index in [-0.39, 0.29) is 11.5 Å². The second-order valence-electron chi connectivity index (χ2n) is 8.73. The van der Waals surface area contributed by atoms with E-state index in [1.54, 1.807) is 0 Å². The van der Waals surface area contributed by atoms with Gasteiger partial charge >= 0.3 is 0 Å². The zero-order valence-corrected chi connectivity index (χ0v) is 21.2. The monoisotopic (exact) mass is 440 g/mol. The fourth-order valence-electron chi connectivity index (χ4n) is 4.02. The van der Waals surface area contributed by atoms with Crippen LogP contribution in [0.4, 0.5) is 0 Å². The number of unbranched alkanes of at least 4 members (excludes halogenated alkanes) is 10. The first kappa shape index (κ1) is 27.2. The van der Waals surface area contributed by atoms with Crippen molar-refractivity contribution in [1.29, 1.82) is 0 Å². The van der Waals surface area contributed by atoms with Gasteiger partial charge in [-0.25, -0.2) is 0 Å². The second-order valence-corrected chi connectivity index (χ2v) is 10.9. The molecule has 0 aromatic carbocycles. The van der Waals surface area contributed by atoms with Gasteiger partial charge in [0.2, 0.25) is 0 Å². The van der Waals surface area contributed by atoms with Gasteiger partial charge in [-0.2, -0.15) is 23.5 Å². The first-order chi connectivity index (χ1) is 14.2. The molecule has 0 aliphatic heterocycles. The third kappa shape index (κ3) is 11.4. The number of thioether (sulfide) groups is 2. The molecule has 1 aliphatic rings. The lowest BCUT2D eigenvalue weighted by atomic mass is 9.78. The molecule has 0 amide bonds. The summed E-state index contributed by atoms with van der Waals surface area (Å²) >= 11 is 4.13. The molecule has 0 saturated carbocycles. The highest BCUT2D eigenvalue weighted by Gasteiger charge is 2.38. The average Bonchev–Trinajstić information content (AvgIpc) is 2.73. The van der Waals surface area contributed by atoms with Gasteiger partial charge in [-0.05, 0) is 36.3 Å². The van der Waals surface area contributed by atoms with Crippen molar-refractivity contribution in [2.45, 2.75) is 110 Å². The normalized spacial score (nSPS) is 18.2. The van der Waals surface area contributed by atoms with Gasteiger partial charge in [-0.15, -0.1) is 0 Å². The summed E-state index contributed by atoms with van der Waals surface area (Å²) < 4.78 is 0. The molecule has 3 heteroatoms. The van der Waals surface area contributed by atoms with Gasteiger partial charge in [-0.1, -0.05) is 103 Å². The van der Waals surface area contributed by atoms with Crippen LogP contribution in [0.25, 0.3) is 0 Å². The molecule has 0 aromatic rings. The van der Waals surface area contributed by atoms with E-state index < -0.39 is 0 Å². The van der Waals surface area contributed by atoms with Crippen LogP contribution >= 0.6 is 23.5 Å². The van der Waals surface area contributed by atoms with Crippen molar-refractivity contribution < 1.29 is 5.11 Å². The molecule has 29 heavy (non-hydrogen) atoms. The van der Waals surface area contributed by atoms with E-state index in [9.17, 15) is 5.11 Å². The summed E-state index contributed by atoms with van der Waals surface area (Å²) in [5.41, 5.74) is 1.15. The molecule has 0 aromatic heterocycles. The van der Waals surface area contributed by atoms with E-state index in [0.717, 1.165) is 17.9 Å². The molecular weight excluding hydrogens is 392 g/mol. The number of hydrogen-bond donors (Lipinski definition) is 1. The number of aliphatic hydroxyl groups excluding tert-OH is 1. The number of rotatable bonds is 19. The van der Waals surface area contributed by atoms with Gasteiger partial charge < -0.3 is 5.11 Å². The maximum absolute atomic E-state index is 11.1. The van der Waals surface area contributed by atoms with Crippen molar-refractivity contribution in [2.75, 3.05) is 23.0 Å². The Hall–Kier alpha value is 0.140. The quantitative estimate of drug-likeness (QED) is 0.203. The molecule has 0 heterocycles. The Bertz CT molecular complexity index is 424. The van der Waals surface area contributed by atoms with Gasteiger partial charge in [0, 0.05) is 16.9 Å². The summed E-state index contributed by atoms with van der Waals surface area (Å²) in [5, 5.41) is 11.1. The Balaban J connectivity index is 2.37. The van der Waals surface area contributed by atoms with Crippen molar-refractivity contribution in [3.8, 4) is 0 Å². The summed E-state index contributed by atoms with van der Waals surface area (Å²) in [6.07, 6.45) is 23.7. The largest absolute Gasteiger partial charge is 0.388 e. The van der Waals surface area contributed by atoms with Crippen LogP contribution in [0.2, 0.25) is 0 Å². The molecule has 0 bridgehead atoms. The molecule has 0 radical (unpaired) electrons. The molecule has 1 N–H and O–H groups in total. The van der Waals surface area contributed by atoms with Gasteiger partial charge in [0.1, 0.15) is 0 Å². The van der Waals surface area contributed by atoms with Crippen molar-refractivity contribution in [2.24, 2.45) is 5.41 Å². The van der Waals surface area contributed by atoms with Gasteiger partial charge in [0.15, 0.2) is 0 Å². The molecule has 170 valence electrons. The Morgan fingerprint density at radius 2 is 1.24 bits per heavy atom. The molecule has 1 unspecified atom stereocenters. The fraction of sp³-hybridized carbons (Fsp3) is 0.846.